The zero-order valence-corrected chi connectivity index (χ0v) is 17.8. The summed E-state index contributed by atoms with van der Waals surface area (Å²) >= 11 is 1.43. The molecule has 1 saturated heterocycles. The number of rotatable bonds is 5. The number of aryl methyl sites for hydroxylation is 1. The fourth-order valence-electron chi connectivity index (χ4n) is 2.54. The van der Waals surface area contributed by atoms with Crippen LogP contribution < -0.4 is 5.32 Å². The molecule has 0 atom stereocenters. The topological polar surface area (TPSA) is 136 Å². The van der Waals surface area contributed by atoms with Gasteiger partial charge in [0.25, 0.3) is 0 Å². The number of carboxylic acid groups (broad SMARTS) is 2. The molecule has 162 valence electrons. The minimum Gasteiger partial charge on any atom is -0.473 e. The van der Waals surface area contributed by atoms with Gasteiger partial charge in [0.2, 0.25) is 5.91 Å². The minimum atomic E-state index is -1.82. The normalized spacial score (nSPS) is 14.5. The highest BCUT2D eigenvalue weighted by atomic mass is 32.1. The van der Waals surface area contributed by atoms with Crippen molar-refractivity contribution < 1.29 is 34.1 Å². The highest BCUT2D eigenvalue weighted by Gasteiger charge is 2.23. The SMILES string of the molecule is CCOC(=O)c1c(NC(=O)CN2CCN(C)CC2)sc(C)c1C.O=C(O)C(=O)O. The summed E-state index contributed by atoms with van der Waals surface area (Å²) in [5, 5.41) is 18.3. The third-order valence-corrected chi connectivity index (χ3v) is 5.39. The van der Waals surface area contributed by atoms with Gasteiger partial charge in [-0.1, -0.05) is 0 Å². The Bertz CT molecular complexity index is 743. The molecule has 1 fully saturated rings. The molecule has 10 nitrogen and oxygen atoms in total. The Balaban J connectivity index is 0.000000612. The number of ether oxygens (including phenoxy) is 1. The summed E-state index contributed by atoms with van der Waals surface area (Å²) in [5.74, 6) is -4.10. The van der Waals surface area contributed by atoms with Gasteiger partial charge in [0, 0.05) is 31.1 Å². The van der Waals surface area contributed by atoms with E-state index in [-0.39, 0.29) is 11.9 Å². The number of carbonyl (C=O) groups is 4. The van der Waals surface area contributed by atoms with Crippen molar-refractivity contribution in [1.82, 2.24) is 9.80 Å². The molecule has 3 N–H and O–H groups in total. The van der Waals surface area contributed by atoms with E-state index in [0.717, 1.165) is 36.6 Å². The number of carboxylic acids is 2. The molecular formula is C18H27N3O7S. The molecule has 1 amide bonds. The first-order valence-electron chi connectivity index (χ1n) is 9.00. The van der Waals surface area contributed by atoms with Gasteiger partial charge in [-0.15, -0.1) is 11.3 Å². The Labute approximate surface area is 173 Å². The second-order valence-corrected chi connectivity index (χ2v) is 7.67. The summed E-state index contributed by atoms with van der Waals surface area (Å²) in [7, 11) is 2.08. The van der Waals surface area contributed by atoms with Crippen molar-refractivity contribution in [3.63, 3.8) is 0 Å². The molecule has 0 aliphatic carbocycles. The highest BCUT2D eigenvalue weighted by Crippen LogP contribution is 2.33. The summed E-state index contributed by atoms with van der Waals surface area (Å²) in [4.78, 5) is 48.0. The number of esters is 1. The monoisotopic (exact) mass is 429 g/mol. The number of carbonyl (C=O) groups excluding carboxylic acids is 2. The second kappa shape index (κ2) is 11.5. The second-order valence-electron chi connectivity index (χ2n) is 6.45. The van der Waals surface area contributed by atoms with Gasteiger partial charge in [-0.2, -0.15) is 0 Å². The van der Waals surface area contributed by atoms with Crippen molar-refractivity contribution in [3.8, 4) is 0 Å². The highest BCUT2D eigenvalue weighted by molar-refractivity contribution is 7.16. The molecule has 2 rings (SSSR count). The van der Waals surface area contributed by atoms with Gasteiger partial charge >= 0.3 is 17.9 Å². The molecular weight excluding hydrogens is 402 g/mol. The van der Waals surface area contributed by atoms with Crippen molar-refractivity contribution in [3.05, 3.63) is 16.0 Å². The maximum atomic E-state index is 12.3. The van der Waals surface area contributed by atoms with Crippen LogP contribution in [0.25, 0.3) is 0 Å². The lowest BCUT2D eigenvalue weighted by atomic mass is 10.1. The number of thiophene rings is 1. The molecule has 1 aliphatic heterocycles. The molecule has 11 heteroatoms. The van der Waals surface area contributed by atoms with E-state index in [9.17, 15) is 9.59 Å². The van der Waals surface area contributed by atoms with Crippen LogP contribution in [0, 0.1) is 13.8 Å². The van der Waals surface area contributed by atoms with E-state index >= 15 is 0 Å². The third kappa shape index (κ3) is 7.80. The molecule has 0 spiro atoms. The third-order valence-electron chi connectivity index (χ3n) is 4.26. The van der Waals surface area contributed by atoms with Crippen LogP contribution in [0.3, 0.4) is 0 Å². The van der Waals surface area contributed by atoms with Crippen LogP contribution in [0.15, 0.2) is 0 Å². The lowest BCUT2D eigenvalue weighted by molar-refractivity contribution is -0.159. The Morgan fingerprint density at radius 2 is 1.62 bits per heavy atom. The standard InChI is InChI=1S/C16H25N3O3S.C2H2O4/c1-5-22-16(21)14-11(2)12(3)23-15(14)17-13(20)10-19-8-6-18(4)7-9-19;3-1(4)2(5)6/h5-10H2,1-4H3,(H,17,20);(H,3,4)(H,5,6). The fourth-order valence-corrected chi connectivity index (χ4v) is 3.60. The van der Waals surface area contributed by atoms with Crippen LogP contribution in [0.5, 0.6) is 0 Å². The molecule has 0 saturated carbocycles. The van der Waals surface area contributed by atoms with Crippen molar-refractivity contribution >= 4 is 40.2 Å². The van der Waals surface area contributed by atoms with Gasteiger partial charge in [0.1, 0.15) is 5.00 Å². The molecule has 0 bridgehead atoms. The first-order valence-corrected chi connectivity index (χ1v) is 9.82. The van der Waals surface area contributed by atoms with Gasteiger partial charge in [0.15, 0.2) is 0 Å². The van der Waals surface area contributed by atoms with E-state index in [1.807, 2.05) is 13.8 Å². The van der Waals surface area contributed by atoms with Gasteiger partial charge < -0.3 is 25.2 Å². The van der Waals surface area contributed by atoms with Crippen LogP contribution in [-0.2, 0) is 19.1 Å². The molecule has 0 aromatic carbocycles. The number of nitrogens with one attached hydrogen (secondary N) is 1. The average molecular weight is 429 g/mol. The maximum absolute atomic E-state index is 12.3. The van der Waals surface area contributed by atoms with Crippen LogP contribution in [0.2, 0.25) is 0 Å². The summed E-state index contributed by atoms with van der Waals surface area (Å²) in [6.07, 6.45) is 0. The average Bonchev–Trinajstić information content (AvgIpc) is 2.91. The van der Waals surface area contributed by atoms with E-state index in [0.29, 0.717) is 23.7 Å². The zero-order valence-electron chi connectivity index (χ0n) is 17.0. The minimum absolute atomic E-state index is 0.0821. The zero-order chi connectivity index (χ0) is 22.1. The summed E-state index contributed by atoms with van der Waals surface area (Å²) in [6, 6.07) is 0. The van der Waals surface area contributed by atoms with Gasteiger partial charge in [-0.05, 0) is 33.4 Å². The van der Waals surface area contributed by atoms with Crippen molar-refractivity contribution in [2.75, 3.05) is 51.7 Å². The Kier molecular flexibility index (Phi) is 9.72. The Morgan fingerprint density at radius 1 is 1.07 bits per heavy atom. The summed E-state index contributed by atoms with van der Waals surface area (Å²) in [5.41, 5.74) is 1.37. The summed E-state index contributed by atoms with van der Waals surface area (Å²) < 4.78 is 5.11. The van der Waals surface area contributed by atoms with Crippen molar-refractivity contribution in [1.29, 1.82) is 0 Å². The smallest absolute Gasteiger partial charge is 0.414 e. The first-order chi connectivity index (χ1) is 13.6. The van der Waals surface area contributed by atoms with Crippen molar-refractivity contribution in [2.24, 2.45) is 0 Å². The fraction of sp³-hybridized carbons (Fsp3) is 0.556. The van der Waals surface area contributed by atoms with Gasteiger partial charge in [-0.25, -0.2) is 14.4 Å². The number of aliphatic carboxylic acids is 2. The van der Waals surface area contributed by atoms with Crippen LogP contribution in [0.1, 0.15) is 27.7 Å². The lowest BCUT2D eigenvalue weighted by Crippen LogP contribution is -2.47. The molecule has 29 heavy (non-hydrogen) atoms. The van der Waals surface area contributed by atoms with E-state index in [4.69, 9.17) is 24.5 Å². The number of anilines is 1. The number of amides is 1. The Morgan fingerprint density at radius 3 is 2.10 bits per heavy atom. The molecule has 0 radical (unpaired) electrons. The maximum Gasteiger partial charge on any atom is 0.414 e. The number of piperazine rings is 1. The lowest BCUT2D eigenvalue weighted by Gasteiger charge is -2.31. The van der Waals surface area contributed by atoms with E-state index in [2.05, 4.69) is 22.2 Å². The van der Waals surface area contributed by atoms with Crippen LogP contribution in [-0.4, -0.2) is 90.2 Å². The molecule has 0 unspecified atom stereocenters. The summed E-state index contributed by atoms with van der Waals surface area (Å²) in [6.45, 7) is 9.99. The van der Waals surface area contributed by atoms with E-state index in [1.54, 1.807) is 6.92 Å². The molecule has 2 heterocycles. The number of likely N-dealkylation sites (N-methyl/N-ethyl adjacent to an activating group) is 1. The molecule has 1 aliphatic rings. The molecule has 1 aromatic rings. The quantitative estimate of drug-likeness (QED) is 0.460. The van der Waals surface area contributed by atoms with Gasteiger partial charge in [-0.3, -0.25) is 9.69 Å². The van der Waals surface area contributed by atoms with Crippen molar-refractivity contribution in [2.45, 2.75) is 20.8 Å². The van der Waals surface area contributed by atoms with E-state index < -0.39 is 11.9 Å². The largest absolute Gasteiger partial charge is 0.473 e. The van der Waals surface area contributed by atoms with Gasteiger partial charge in [0.05, 0.1) is 18.7 Å². The predicted octanol–water partition coefficient (Wildman–Crippen LogP) is 0.883. The van der Waals surface area contributed by atoms with E-state index in [1.165, 1.54) is 11.3 Å². The number of hydrogen-bond donors (Lipinski definition) is 3. The Hall–Kier alpha value is -2.50. The van der Waals surface area contributed by atoms with Crippen LogP contribution in [0.4, 0.5) is 5.00 Å². The first kappa shape index (κ1) is 24.5. The number of hydrogen-bond acceptors (Lipinski definition) is 8. The number of nitrogens with zero attached hydrogens (tertiary/aromatic N) is 2. The van der Waals surface area contributed by atoms with Crippen LogP contribution >= 0.6 is 11.3 Å². The predicted molar refractivity (Wildman–Crippen MR) is 108 cm³/mol. The molecule has 1 aromatic heterocycles.